The Morgan fingerprint density at radius 2 is 1.68 bits per heavy atom. The van der Waals surface area contributed by atoms with Crippen molar-refractivity contribution in [2.75, 3.05) is 18.1 Å². The number of sulfone groups is 1. The van der Waals surface area contributed by atoms with Crippen LogP contribution in [0, 0.1) is 5.41 Å². The van der Waals surface area contributed by atoms with Crippen LogP contribution in [0.2, 0.25) is 0 Å². The monoisotopic (exact) mass is 281 g/mol. The average molecular weight is 281 g/mol. The van der Waals surface area contributed by atoms with E-state index >= 15 is 0 Å². The molecule has 0 spiro atoms. The lowest BCUT2D eigenvalue weighted by molar-refractivity contribution is 0.233. The van der Waals surface area contributed by atoms with Crippen LogP contribution in [0.15, 0.2) is 29.2 Å². The maximum Gasteiger partial charge on any atom is 0.175 e. The van der Waals surface area contributed by atoms with E-state index in [1.54, 1.807) is 12.1 Å². The molecule has 1 aliphatic carbocycles. The SMILES string of the molecule is CC1(CNc2ccc(S(C)(=O)=O)cc2)CCCCC1. The van der Waals surface area contributed by atoms with E-state index in [0.717, 1.165) is 12.2 Å². The summed E-state index contributed by atoms with van der Waals surface area (Å²) in [4.78, 5) is 0.377. The Morgan fingerprint density at radius 1 is 1.11 bits per heavy atom. The van der Waals surface area contributed by atoms with Crippen LogP contribution in [0.5, 0.6) is 0 Å². The van der Waals surface area contributed by atoms with Crippen LogP contribution in [0.1, 0.15) is 39.0 Å². The number of hydrogen-bond acceptors (Lipinski definition) is 3. The quantitative estimate of drug-likeness (QED) is 0.919. The molecule has 3 nitrogen and oxygen atoms in total. The third kappa shape index (κ3) is 3.96. The van der Waals surface area contributed by atoms with Crippen molar-refractivity contribution >= 4 is 15.5 Å². The number of nitrogens with one attached hydrogen (secondary N) is 1. The summed E-state index contributed by atoms with van der Waals surface area (Å²) >= 11 is 0. The number of benzene rings is 1. The second kappa shape index (κ2) is 5.53. The van der Waals surface area contributed by atoms with Crippen molar-refractivity contribution in [2.24, 2.45) is 5.41 Å². The van der Waals surface area contributed by atoms with E-state index in [0.29, 0.717) is 10.3 Å². The van der Waals surface area contributed by atoms with Crippen LogP contribution in [0.4, 0.5) is 5.69 Å². The first-order valence-corrected chi connectivity index (χ1v) is 8.82. The summed E-state index contributed by atoms with van der Waals surface area (Å²) in [6, 6.07) is 7.03. The van der Waals surface area contributed by atoms with Gasteiger partial charge in [0.25, 0.3) is 0 Å². The van der Waals surface area contributed by atoms with Gasteiger partial charge in [0.2, 0.25) is 0 Å². The molecular formula is C15H23NO2S. The average Bonchev–Trinajstić information content (AvgIpc) is 2.37. The van der Waals surface area contributed by atoms with Gasteiger partial charge in [0.1, 0.15) is 0 Å². The van der Waals surface area contributed by atoms with Crippen molar-refractivity contribution < 1.29 is 8.42 Å². The molecule has 4 heteroatoms. The van der Waals surface area contributed by atoms with Crippen LogP contribution in [-0.2, 0) is 9.84 Å². The summed E-state index contributed by atoms with van der Waals surface area (Å²) in [5.74, 6) is 0. The molecule has 106 valence electrons. The highest BCUT2D eigenvalue weighted by atomic mass is 32.2. The molecule has 0 radical (unpaired) electrons. The van der Waals surface area contributed by atoms with Crippen molar-refractivity contribution in [3.63, 3.8) is 0 Å². The van der Waals surface area contributed by atoms with Gasteiger partial charge in [-0.2, -0.15) is 0 Å². The fraction of sp³-hybridized carbons (Fsp3) is 0.600. The molecule has 1 aliphatic rings. The molecule has 0 unspecified atom stereocenters. The van der Waals surface area contributed by atoms with E-state index in [2.05, 4.69) is 12.2 Å². The highest BCUT2D eigenvalue weighted by Gasteiger charge is 2.26. The van der Waals surface area contributed by atoms with Gasteiger partial charge < -0.3 is 5.32 Å². The van der Waals surface area contributed by atoms with Gasteiger partial charge in [-0.3, -0.25) is 0 Å². The molecule has 0 heterocycles. The van der Waals surface area contributed by atoms with Crippen molar-refractivity contribution in [3.05, 3.63) is 24.3 Å². The molecule has 0 aromatic heterocycles. The van der Waals surface area contributed by atoms with E-state index in [1.165, 1.54) is 38.4 Å². The Morgan fingerprint density at radius 3 is 2.21 bits per heavy atom. The molecule has 0 bridgehead atoms. The fourth-order valence-electron chi connectivity index (χ4n) is 2.72. The van der Waals surface area contributed by atoms with Gasteiger partial charge in [-0.25, -0.2) is 8.42 Å². The largest absolute Gasteiger partial charge is 0.384 e. The predicted octanol–water partition coefficient (Wildman–Crippen LogP) is 3.47. The van der Waals surface area contributed by atoms with E-state index in [4.69, 9.17) is 0 Å². The summed E-state index contributed by atoms with van der Waals surface area (Å²) in [7, 11) is -3.09. The van der Waals surface area contributed by atoms with Crippen molar-refractivity contribution in [3.8, 4) is 0 Å². The summed E-state index contributed by atoms with van der Waals surface area (Å²) in [5.41, 5.74) is 1.38. The Kier molecular flexibility index (Phi) is 4.19. The minimum atomic E-state index is -3.09. The molecule has 0 atom stereocenters. The Balaban J connectivity index is 1.96. The van der Waals surface area contributed by atoms with E-state index < -0.39 is 9.84 Å². The third-order valence-corrected chi connectivity index (χ3v) is 5.19. The minimum absolute atomic E-state index is 0.377. The summed E-state index contributed by atoms with van der Waals surface area (Å²) in [6.07, 6.45) is 7.80. The molecule has 19 heavy (non-hydrogen) atoms. The highest BCUT2D eigenvalue weighted by molar-refractivity contribution is 7.90. The molecule has 1 fully saturated rings. The maximum atomic E-state index is 11.4. The number of rotatable bonds is 4. The Bertz CT molecular complexity index is 514. The number of anilines is 1. The first-order chi connectivity index (χ1) is 8.89. The lowest BCUT2D eigenvalue weighted by Crippen LogP contribution is -2.28. The molecule has 1 N–H and O–H groups in total. The van der Waals surface area contributed by atoms with E-state index in [-0.39, 0.29) is 0 Å². The lowest BCUT2D eigenvalue weighted by atomic mass is 9.76. The van der Waals surface area contributed by atoms with Crippen molar-refractivity contribution in [2.45, 2.75) is 43.9 Å². The normalized spacial score (nSPS) is 19.1. The second-order valence-electron chi connectivity index (χ2n) is 6.02. The molecule has 0 saturated heterocycles. The molecule has 2 rings (SSSR count). The predicted molar refractivity (Wildman–Crippen MR) is 79.2 cm³/mol. The fourth-order valence-corrected chi connectivity index (χ4v) is 3.35. The van der Waals surface area contributed by atoms with Crippen molar-refractivity contribution in [1.82, 2.24) is 0 Å². The van der Waals surface area contributed by atoms with Gasteiger partial charge in [0, 0.05) is 18.5 Å². The number of hydrogen-bond donors (Lipinski definition) is 1. The molecular weight excluding hydrogens is 258 g/mol. The van der Waals surface area contributed by atoms with Gasteiger partial charge in [0.05, 0.1) is 4.90 Å². The Hall–Kier alpha value is -1.03. The molecule has 1 saturated carbocycles. The first kappa shape index (κ1) is 14.4. The second-order valence-corrected chi connectivity index (χ2v) is 8.04. The molecule has 1 aromatic rings. The highest BCUT2D eigenvalue weighted by Crippen LogP contribution is 2.35. The van der Waals surface area contributed by atoms with Crippen LogP contribution in [0.25, 0.3) is 0 Å². The lowest BCUT2D eigenvalue weighted by Gasteiger charge is -2.34. The Labute approximate surface area is 116 Å². The first-order valence-electron chi connectivity index (χ1n) is 6.93. The van der Waals surface area contributed by atoms with Gasteiger partial charge >= 0.3 is 0 Å². The zero-order valence-corrected chi connectivity index (χ0v) is 12.6. The van der Waals surface area contributed by atoms with E-state index in [1.807, 2.05) is 12.1 Å². The van der Waals surface area contributed by atoms with Crippen LogP contribution in [0.3, 0.4) is 0 Å². The van der Waals surface area contributed by atoms with Gasteiger partial charge in [-0.1, -0.05) is 26.2 Å². The topological polar surface area (TPSA) is 46.2 Å². The zero-order valence-electron chi connectivity index (χ0n) is 11.8. The van der Waals surface area contributed by atoms with Gasteiger partial charge in [0.15, 0.2) is 9.84 Å². The summed E-state index contributed by atoms with van der Waals surface area (Å²) < 4.78 is 22.8. The molecule has 0 amide bonds. The van der Waals surface area contributed by atoms with Crippen LogP contribution < -0.4 is 5.32 Å². The van der Waals surface area contributed by atoms with Gasteiger partial charge in [-0.15, -0.1) is 0 Å². The molecule has 0 aliphatic heterocycles. The van der Waals surface area contributed by atoms with Gasteiger partial charge in [-0.05, 0) is 42.5 Å². The van der Waals surface area contributed by atoms with Crippen LogP contribution >= 0.6 is 0 Å². The molecule has 1 aromatic carbocycles. The summed E-state index contributed by atoms with van der Waals surface area (Å²) in [6.45, 7) is 3.30. The summed E-state index contributed by atoms with van der Waals surface area (Å²) in [5, 5.41) is 3.44. The van der Waals surface area contributed by atoms with Crippen LogP contribution in [-0.4, -0.2) is 21.2 Å². The standard InChI is InChI=1S/C15H23NO2S/c1-15(10-4-3-5-11-15)12-16-13-6-8-14(9-7-13)19(2,17)18/h6-9,16H,3-5,10-12H2,1-2H3. The zero-order chi connectivity index (χ0) is 13.9. The maximum absolute atomic E-state index is 11.4. The smallest absolute Gasteiger partial charge is 0.175 e. The third-order valence-electron chi connectivity index (χ3n) is 4.06. The van der Waals surface area contributed by atoms with E-state index in [9.17, 15) is 8.42 Å². The minimum Gasteiger partial charge on any atom is -0.384 e. The van der Waals surface area contributed by atoms with Crippen molar-refractivity contribution in [1.29, 1.82) is 0 Å².